The molecular weight excluding hydrogens is 123 g/mol. The summed E-state index contributed by atoms with van der Waals surface area (Å²) in [6.07, 6.45) is 0. The standard InChI is InChI=1S/C8H17BO/c1-6(2)8(5,10-9)7(3)4/h6-7H,1-5H3. The SMILES string of the molecule is [B]OC(C)(C(C)C)C(C)C. The highest BCUT2D eigenvalue weighted by Gasteiger charge is 2.30. The van der Waals surface area contributed by atoms with Crippen molar-refractivity contribution in [3.63, 3.8) is 0 Å². The number of hydrogen-bond acceptors (Lipinski definition) is 1. The Bertz CT molecular complexity index is 91.4. The first-order valence-electron chi connectivity index (χ1n) is 3.83. The molecule has 2 radical (unpaired) electrons. The summed E-state index contributed by atoms with van der Waals surface area (Å²) in [6, 6.07) is 0. The van der Waals surface area contributed by atoms with Crippen LogP contribution in [0.5, 0.6) is 0 Å². The fourth-order valence-electron chi connectivity index (χ4n) is 0.939. The molecule has 0 aliphatic heterocycles. The van der Waals surface area contributed by atoms with Crippen LogP contribution in [0.3, 0.4) is 0 Å². The Morgan fingerprint density at radius 2 is 1.40 bits per heavy atom. The Labute approximate surface area is 65.6 Å². The maximum absolute atomic E-state index is 5.21. The van der Waals surface area contributed by atoms with E-state index in [0.717, 1.165) is 0 Å². The van der Waals surface area contributed by atoms with Gasteiger partial charge in [-0.1, -0.05) is 27.7 Å². The van der Waals surface area contributed by atoms with E-state index < -0.39 is 0 Å². The van der Waals surface area contributed by atoms with Crippen molar-refractivity contribution in [3.05, 3.63) is 0 Å². The summed E-state index contributed by atoms with van der Waals surface area (Å²) in [6.45, 7) is 10.5. The minimum Gasteiger partial charge on any atom is -0.442 e. The van der Waals surface area contributed by atoms with Gasteiger partial charge in [-0.3, -0.25) is 0 Å². The zero-order chi connectivity index (χ0) is 8.36. The van der Waals surface area contributed by atoms with E-state index in [1.165, 1.54) is 0 Å². The fraction of sp³-hybridized carbons (Fsp3) is 1.00. The largest absolute Gasteiger partial charge is 0.442 e. The summed E-state index contributed by atoms with van der Waals surface area (Å²) in [5, 5.41) is 0. The number of rotatable bonds is 3. The number of hydrogen-bond donors (Lipinski definition) is 0. The van der Waals surface area contributed by atoms with Gasteiger partial charge in [-0.25, -0.2) is 0 Å². The van der Waals surface area contributed by atoms with Crippen LogP contribution in [0.4, 0.5) is 0 Å². The van der Waals surface area contributed by atoms with Crippen LogP contribution in [0.25, 0.3) is 0 Å². The average molecular weight is 140 g/mol. The summed E-state index contributed by atoms with van der Waals surface area (Å²) in [5.74, 6) is 0.912. The van der Waals surface area contributed by atoms with E-state index >= 15 is 0 Å². The third-order valence-electron chi connectivity index (χ3n) is 2.55. The van der Waals surface area contributed by atoms with E-state index in [2.05, 4.69) is 27.7 Å². The predicted molar refractivity (Wildman–Crippen MR) is 44.9 cm³/mol. The molecule has 0 aromatic rings. The minimum atomic E-state index is -0.181. The summed E-state index contributed by atoms with van der Waals surface area (Å²) in [5.41, 5.74) is -0.181. The van der Waals surface area contributed by atoms with Crippen molar-refractivity contribution in [2.45, 2.75) is 40.2 Å². The topological polar surface area (TPSA) is 9.23 Å². The van der Waals surface area contributed by atoms with Crippen LogP contribution < -0.4 is 0 Å². The third-order valence-corrected chi connectivity index (χ3v) is 2.55. The molecule has 2 heteroatoms. The van der Waals surface area contributed by atoms with Crippen molar-refractivity contribution in [1.82, 2.24) is 0 Å². The second-order valence-corrected chi connectivity index (χ2v) is 3.61. The first-order valence-corrected chi connectivity index (χ1v) is 3.83. The highest BCUT2D eigenvalue weighted by molar-refractivity contribution is 5.98. The summed E-state index contributed by atoms with van der Waals surface area (Å²) in [7, 11) is 5.21. The van der Waals surface area contributed by atoms with E-state index in [9.17, 15) is 0 Å². The lowest BCUT2D eigenvalue weighted by atomic mass is 9.81. The second-order valence-electron chi connectivity index (χ2n) is 3.61. The van der Waals surface area contributed by atoms with Gasteiger partial charge in [-0.15, -0.1) is 0 Å². The van der Waals surface area contributed by atoms with E-state index in [4.69, 9.17) is 12.7 Å². The molecule has 0 fully saturated rings. The zero-order valence-electron chi connectivity index (χ0n) is 7.64. The van der Waals surface area contributed by atoms with Crippen LogP contribution in [0.2, 0.25) is 0 Å². The molecule has 0 N–H and O–H groups in total. The van der Waals surface area contributed by atoms with Gasteiger partial charge in [0.1, 0.15) is 0 Å². The van der Waals surface area contributed by atoms with Gasteiger partial charge in [-0.05, 0) is 18.8 Å². The Morgan fingerprint density at radius 1 is 1.10 bits per heavy atom. The summed E-state index contributed by atoms with van der Waals surface area (Å²) in [4.78, 5) is 0. The molecule has 0 unspecified atom stereocenters. The lowest BCUT2D eigenvalue weighted by Gasteiger charge is -2.37. The van der Waals surface area contributed by atoms with Gasteiger partial charge in [0.2, 0.25) is 0 Å². The van der Waals surface area contributed by atoms with Crippen molar-refractivity contribution >= 4 is 8.05 Å². The van der Waals surface area contributed by atoms with Crippen LogP contribution in [-0.4, -0.2) is 13.7 Å². The fourth-order valence-corrected chi connectivity index (χ4v) is 0.939. The highest BCUT2D eigenvalue weighted by Crippen LogP contribution is 2.28. The van der Waals surface area contributed by atoms with Crippen LogP contribution in [-0.2, 0) is 4.65 Å². The van der Waals surface area contributed by atoms with Gasteiger partial charge in [-0.2, -0.15) is 0 Å². The van der Waals surface area contributed by atoms with E-state index in [1.807, 2.05) is 6.92 Å². The van der Waals surface area contributed by atoms with E-state index in [-0.39, 0.29) is 5.60 Å². The highest BCUT2D eigenvalue weighted by atomic mass is 16.4. The summed E-state index contributed by atoms with van der Waals surface area (Å²) >= 11 is 0. The molecule has 0 aliphatic rings. The molecule has 0 aliphatic carbocycles. The van der Waals surface area contributed by atoms with Crippen molar-refractivity contribution in [3.8, 4) is 0 Å². The maximum atomic E-state index is 5.21. The summed E-state index contributed by atoms with van der Waals surface area (Å²) < 4.78 is 4.96. The average Bonchev–Trinajstić information content (AvgIpc) is 1.85. The van der Waals surface area contributed by atoms with E-state index in [1.54, 1.807) is 0 Å². The molecule has 0 spiro atoms. The molecule has 0 saturated carbocycles. The van der Waals surface area contributed by atoms with Crippen LogP contribution in [0.15, 0.2) is 0 Å². The predicted octanol–water partition coefficient (Wildman–Crippen LogP) is 2.16. The van der Waals surface area contributed by atoms with E-state index in [0.29, 0.717) is 11.8 Å². The van der Waals surface area contributed by atoms with Gasteiger partial charge in [0, 0.05) is 0 Å². The zero-order valence-corrected chi connectivity index (χ0v) is 7.64. The van der Waals surface area contributed by atoms with Crippen molar-refractivity contribution < 1.29 is 4.65 Å². The molecule has 0 heterocycles. The monoisotopic (exact) mass is 140 g/mol. The first kappa shape index (κ1) is 10.0. The smallest absolute Gasteiger partial charge is 0.283 e. The first-order chi connectivity index (χ1) is 4.45. The third kappa shape index (κ3) is 1.75. The lowest BCUT2D eigenvalue weighted by molar-refractivity contribution is 0.00412. The van der Waals surface area contributed by atoms with Gasteiger partial charge in [0.05, 0.1) is 5.60 Å². The molecule has 0 rings (SSSR count). The molecular formula is C8H17BO. The molecule has 1 nitrogen and oxygen atoms in total. The van der Waals surface area contributed by atoms with Gasteiger partial charge in [0.25, 0.3) is 8.05 Å². The van der Waals surface area contributed by atoms with Crippen LogP contribution in [0, 0.1) is 11.8 Å². The van der Waals surface area contributed by atoms with Crippen molar-refractivity contribution in [2.75, 3.05) is 0 Å². The Balaban J connectivity index is 4.23. The van der Waals surface area contributed by atoms with Gasteiger partial charge in [0.15, 0.2) is 0 Å². The van der Waals surface area contributed by atoms with Gasteiger partial charge >= 0.3 is 0 Å². The molecule has 0 bridgehead atoms. The minimum absolute atomic E-state index is 0.181. The lowest BCUT2D eigenvalue weighted by Crippen LogP contribution is -2.39. The molecule has 0 saturated heterocycles. The van der Waals surface area contributed by atoms with Crippen molar-refractivity contribution in [2.24, 2.45) is 11.8 Å². The van der Waals surface area contributed by atoms with Gasteiger partial charge < -0.3 is 4.65 Å². The van der Waals surface area contributed by atoms with Crippen LogP contribution in [0.1, 0.15) is 34.6 Å². The Morgan fingerprint density at radius 3 is 1.40 bits per heavy atom. The second kappa shape index (κ2) is 3.43. The molecule has 0 atom stereocenters. The molecule has 10 heavy (non-hydrogen) atoms. The quantitative estimate of drug-likeness (QED) is 0.545. The molecule has 58 valence electrons. The Hall–Kier alpha value is 0.0249. The molecule has 0 aromatic heterocycles. The normalized spacial score (nSPS) is 13.1. The van der Waals surface area contributed by atoms with Crippen LogP contribution >= 0.6 is 0 Å². The molecule has 0 aromatic carbocycles. The Kier molecular flexibility index (Phi) is 3.43. The molecule has 0 amide bonds. The van der Waals surface area contributed by atoms with Crippen molar-refractivity contribution in [1.29, 1.82) is 0 Å². The maximum Gasteiger partial charge on any atom is 0.283 e.